The van der Waals surface area contributed by atoms with E-state index >= 15 is 0 Å². The summed E-state index contributed by atoms with van der Waals surface area (Å²) in [5, 5.41) is 0. The molecule has 76 valence electrons. The van der Waals surface area contributed by atoms with E-state index in [-0.39, 0.29) is 0 Å². The molecule has 1 aromatic carbocycles. The number of halogens is 1. The summed E-state index contributed by atoms with van der Waals surface area (Å²) >= 11 is 3.52. The molecule has 1 heterocycles. The van der Waals surface area contributed by atoms with Crippen molar-refractivity contribution in [3.63, 3.8) is 0 Å². The molecule has 0 amide bonds. The first kappa shape index (κ1) is 10.2. The lowest BCUT2D eigenvalue weighted by Crippen LogP contribution is -1.89. The topological polar surface area (TPSA) is 22.1 Å². The van der Waals surface area contributed by atoms with Gasteiger partial charge in [-0.2, -0.15) is 0 Å². The summed E-state index contributed by atoms with van der Waals surface area (Å²) in [6, 6.07) is 9.80. The van der Waals surface area contributed by atoms with E-state index in [4.69, 9.17) is 4.74 Å². The molecule has 0 fully saturated rings. The molecule has 0 bridgehead atoms. The predicted octanol–water partition coefficient (Wildman–Crippen LogP) is 3.52. The molecule has 0 saturated heterocycles. The highest BCUT2D eigenvalue weighted by molar-refractivity contribution is 9.10. The number of rotatable bonds is 2. The van der Waals surface area contributed by atoms with Gasteiger partial charge < -0.3 is 4.74 Å². The highest BCUT2D eigenvalue weighted by Gasteiger charge is 2.08. The number of benzene rings is 1. The Morgan fingerprint density at radius 2 is 2.07 bits per heavy atom. The molecule has 1 aromatic heterocycles. The molecule has 0 radical (unpaired) electrons. The monoisotopic (exact) mass is 263 g/mol. The van der Waals surface area contributed by atoms with E-state index in [2.05, 4.69) is 20.9 Å². The van der Waals surface area contributed by atoms with E-state index in [9.17, 15) is 0 Å². The van der Waals surface area contributed by atoms with Crippen molar-refractivity contribution >= 4 is 15.9 Å². The van der Waals surface area contributed by atoms with E-state index in [0.717, 1.165) is 21.3 Å². The maximum Gasteiger partial charge on any atom is 0.127 e. The Hall–Kier alpha value is -1.35. The van der Waals surface area contributed by atoms with Gasteiger partial charge in [-0.05, 0) is 18.2 Å². The third-order valence-electron chi connectivity index (χ3n) is 2.15. The van der Waals surface area contributed by atoms with Crippen LogP contribution in [0.5, 0.6) is 5.75 Å². The second kappa shape index (κ2) is 4.45. The molecule has 0 aliphatic carbocycles. The molecule has 0 N–H and O–H groups in total. The fourth-order valence-electron chi connectivity index (χ4n) is 1.47. The Kier molecular flexibility index (Phi) is 3.02. The van der Waals surface area contributed by atoms with Gasteiger partial charge in [0.1, 0.15) is 5.75 Å². The molecule has 2 aromatic rings. The minimum atomic E-state index is 0.845. The Labute approximate surface area is 97.1 Å². The first-order valence-electron chi connectivity index (χ1n) is 4.56. The number of nitrogens with zero attached hydrogens (tertiary/aromatic N) is 1. The van der Waals surface area contributed by atoms with Gasteiger partial charge in [-0.3, -0.25) is 4.98 Å². The summed E-state index contributed by atoms with van der Waals surface area (Å²) < 4.78 is 6.33. The van der Waals surface area contributed by atoms with Crippen LogP contribution in [0.1, 0.15) is 0 Å². The van der Waals surface area contributed by atoms with Gasteiger partial charge in [-0.15, -0.1) is 0 Å². The van der Waals surface area contributed by atoms with Gasteiger partial charge in [-0.25, -0.2) is 0 Å². The highest BCUT2D eigenvalue weighted by Crippen LogP contribution is 2.35. The van der Waals surface area contributed by atoms with Gasteiger partial charge in [0.2, 0.25) is 0 Å². The maximum absolute atomic E-state index is 5.32. The number of hydrogen-bond acceptors (Lipinski definition) is 2. The van der Waals surface area contributed by atoms with Crippen molar-refractivity contribution in [3.8, 4) is 16.9 Å². The lowest BCUT2D eigenvalue weighted by atomic mass is 10.1. The van der Waals surface area contributed by atoms with Crippen LogP contribution in [0.3, 0.4) is 0 Å². The SMILES string of the molecule is COc1cccc(Br)c1-c1cccnc1. The van der Waals surface area contributed by atoms with E-state index in [1.807, 2.05) is 36.5 Å². The third kappa shape index (κ3) is 2.02. The Morgan fingerprint density at radius 3 is 2.73 bits per heavy atom. The summed E-state index contributed by atoms with van der Waals surface area (Å²) in [6.07, 6.45) is 3.58. The van der Waals surface area contributed by atoms with Gasteiger partial charge >= 0.3 is 0 Å². The average molecular weight is 264 g/mol. The largest absolute Gasteiger partial charge is 0.496 e. The summed E-state index contributed by atoms with van der Waals surface area (Å²) in [4.78, 5) is 4.10. The molecule has 0 saturated carbocycles. The van der Waals surface area contributed by atoms with E-state index < -0.39 is 0 Å². The molecule has 0 aliphatic rings. The van der Waals surface area contributed by atoms with Crippen molar-refractivity contribution in [2.75, 3.05) is 7.11 Å². The summed E-state index contributed by atoms with van der Waals surface area (Å²) in [6.45, 7) is 0. The molecule has 0 atom stereocenters. The van der Waals surface area contributed by atoms with E-state index in [1.54, 1.807) is 13.3 Å². The maximum atomic E-state index is 5.32. The summed E-state index contributed by atoms with van der Waals surface area (Å²) in [5.41, 5.74) is 2.08. The summed E-state index contributed by atoms with van der Waals surface area (Å²) in [7, 11) is 1.67. The number of ether oxygens (including phenoxy) is 1. The zero-order valence-corrected chi connectivity index (χ0v) is 9.86. The van der Waals surface area contributed by atoms with Crippen LogP contribution in [0.15, 0.2) is 47.2 Å². The molecular formula is C12H10BrNO. The van der Waals surface area contributed by atoms with Crippen LogP contribution in [-0.4, -0.2) is 12.1 Å². The quantitative estimate of drug-likeness (QED) is 0.827. The lowest BCUT2D eigenvalue weighted by molar-refractivity contribution is 0.416. The summed E-state index contributed by atoms with van der Waals surface area (Å²) in [5.74, 6) is 0.845. The Bertz CT molecular complexity index is 456. The molecule has 0 aliphatic heterocycles. The molecule has 15 heavy (non-hydrogen) atoms. The zero-order valence-electron chi connectivity index (χ0n) is 8.27. The van der Waals surface area contributed by atoms with Gasteiger partial charge in [-0.1, -0.05) is 28.1 Å². The van der Waals surface area contributed by atoms with Gasteiger partial charge in [0.15, 0.2) is 0 Å². The smallest absolute Gasteiger partial charge is 0.127 e. The van der Waals surface area contributed by atoms with Crippen LogP contribution >= 0.6 is 15.9 Å². The molecule has 2 nitrogen and oxygen atoms in total. The van der Waals surface area contributed by atoms with Gasteiger partial charge in [0, 0.05) is 28.0 Å². The number of hydrogen-bond donors (Lipinski definition) is 0. The van der Waals surface area contributed by atoms with Crippen molar-refractivity contribution in [3.05, 3.63) is 47.2 Å². The van der Waals surface area contributed by atoms with Crippen LogP contribution in [0.25, 0.3) is 11.1 Å². The van der Waals surface area contributed by atoms with Crippen LogP contribution in [0.2, 0.25) is 0 Å². The average Bonchev–Trinajstić information content (AvgIpc) is 2.29. The standard InChI is InChI=1S/C12H10BrNO/c1-15-11-6-2-5-10(13)12(11)9-4-3-7-14-8-9/h2-8H,1H3. The van der Waals surface area contributed by atoms with E-state index in [0.29, 0.717) is 0 Å². The van der Waals surface area contributed by atoms with Gasteiger partial charge in [0.05, 0.1) is 7.11 Å². The second-order valence-corrected chi connectivity index (χ2v) is 3.91. The lowest BCUT2D eigenvalue weighted by Gasteiger charge is -2.09. The number of pyridine rings is 1. The fourth-order valence-corrected chi connectivity index (χ4v) is 2.04. The highest BCUT2D eigenvalue weighted by atomic mass is 79.9. The number of aromatic nitrogens is 1. The zero-order chi connectivity index (χ0) is 10.7. The van der Waals surface area contributed by atoms with Crippen LogP contribution in [0, 0.1) is 0 Å². The fraction of sp³-hybridized carbons (Fsp3) is 0.0833. The van der Waals surface area contributed by atoms with Crippen molar-refractivity contribution < 1.29 is 4.74 Å². The van der Waals surface area contributed by atoms with Crippen LogP contribution in [0.4, 0.5) is 0 Å². The molecule has 2 rings (SSSR count). The second-order valence-electron chi connectivity index (χ2n) is 3.06. The predicted molar refractivity (Wildman–Crippen MR) is 63.9 cm³/mol. The molecule has 3 heteroatoms. The van der Waals surface area contributed by atoms with Crippen molar-refractivity contribution in [2.45, 2.75) is 0 Å². The van der Waals surface area contributed by atoms with Crippen LogP contribution < -0.4 is 4.74 Å². The molecular weight excluding hydrogens is 254 g/mol. The van der Waals surface area contributed by atoms with Crippen molar-refractivity contribution in [2.24, 2.45) is 0 Å². The van der Waals surface area contributed by atoms with Crippen molar-refractivity contribution in [1.82, 2.24) is 4.98 Å². The van der Waals surface area contributed by atoms with E-state index in [1.165, 1.54) is 0 Å². The first-order valence-corrected chi connectivity index (χ1v) is 5.35. The normalized spacial score (nSPS) is 10.0. The van der Waals surface area contributed by atoms with Crippen molar-refractivity contribution in [1.29, 1.82) is 0 Å². The van der Waals surface area contributed by atoms with Crippen LogP contribution in [-0.2, 0) is 0 Å². The minimum absolute atomic E-state index is 0.845. The third-order valence-corrected chi connectivity index (χ3v) is 2.81. The Morgan fingerprint density at radius 1 is 1.20 bits per heavy atom. The molecule has 0 spiro atoms. The molecule has 0 unspecified atom stereocenters. The minimum Gasteiger partial charge on any atom is -0.496 e. The Balaban J connectivity index is 2.61. The van der Waals surface area contributed by atoms with Gasteiger partial charge in [0.25, 0.3) is 0 Å². The first-order chi connectivity index (χ1) is 7.33. The number of methoxy groups -OCH3 is 1.